The van der Waals surface area contributed by atoms with E-state index in [4.69, 9.17) is 9.47 Å². The first-order chi connectivity index (χ1) is 10.8. The van der Waals surface area contributed by atoms with Crippen LogP contribution in [0.1, 0.15) is 5.56 Å². The van der Waals surface area contributed by atoms with Gasteiger partial charge in [-0.2, -0.15) is 0 Å². The zero-order chi connectivity index (χ0) is 15.4. The molecule has 1 fully saturated rings. The molecule has 0 amide bonds. The van der Waals surface area contributed by atoms with Crippen molar-refractivity contribution in [1.82, 2.24) is 9.88 Å². The summed E-state index contributed by atoms with van der Waals surface area (Å²) in [7, 11) is 1.60. The smallest absolute Gasteiger partial charge is 0.213 e. The van der Waals surface area contributed by atoms with E-state index in [0.717, 1.165) is 43.1 Å². The fourth-order valence-electron chi connectivity index (χ4n) is 2.56. The minimum Gasteiger partial charge on any atom is -0.508 e. The molecule has 0 saturated carbocycles. The van der Waals surface area contributed by atoms with Gasteiger partial charge in [0, 0.05) is 36.8 Å². The van der Waals surface area contributed by atoms with Crippen molar-refractivity contribution in [1.29, 1.82) is 0 Å². The number of ether oxygens (including phenoxy) is 2. The molecule has 1 aromatic heterocycles. The van der Waals surface area contributed by atoms with Crippen molar-refractivity contribution >= 4 is 0 Å². The molecular weight excluding hydrogens is 280 g/mol. The van der Waals surface area contributed by atoms with Crippen molar-refractivity contribution in [2.45, 2.75) is 6.54 Å². The third kappa shape index (κ3) is 3.37. The molecular formula is C17H20N2O3. The number of pyridine rings is 1. The zero-order valence-corrected chi connectivity index (χ0v) is 12.7. The lowest BCUT2D eigenvalue weighted by Crippen LogP contribution is -2.35. The Bertz CT molecular complexity index is 640. The first-order valence-corrected chi connectivity index (χ1v) is 7.39. The molecule has 0 atom stereocenters. The molecule has 5 heteroatoms. The van der Waals surface area contributed by atoms with Crippen LogP contribution >= 0.6 is 0 Å². The molecule has 0 spiro atoms. The molecule has 0 aliphatic carbocycles. The molecule has 1 aliphatic rings. The molecule has 22 heavy (non-hydrogen) atoms. The predicted molar refractivity (Wildman–Crippen MR) is 84.0 cm³/mol. The zero-order valence-electron chi connectivity index (χ0n) is 12.7. The van der Waals surface area contributed by atoms with Crippen LogP contribution in [-0.4, -0.2) is 48.4 Å². The third-order valence-electron chi connectivity index (χ3n) is 3.81. The summed E-state index contributed by atoms with van der Waals surface area (Å²) in [5.41, 5.74) is 2.71. The van der Waals surface area contributed by atoms with E-state index in [1.165, 1.54) is 0 Å². The predicted octanol–water partition coefficient (Wildman–Crippen LogP) is 2.29. The summed E-state index contributed by atoms with van der Waals surface area (Å²) >= 11 is 0. The first kappa shape index (κ1) is 14.8. The van der Waals surface area contributed by atoms with E-state index in [1.807, 2.05) is 30.3 Å². The Balaban J connectivity index is 1.85. The first-order valence-electron chi connectivity index (χ1n) is 7.39. The van der Waals surface area contributed by atoms with Gasteiger partial charge in [-0.25, -0.2) is 4.98 Å². The lowest BCUT2D eigenvalue weighted by atomic mass is 10.1. The average Bonchev–Trinajstić information content (AvgIpc) is 2.58. The van der Waals surface area contributed by atoms with Gasteiger partial charge < -0.3 is 14.6 Å². The number of rotatable bonds is 4. The number of nitrogens with zero attached hydrogens (tertiary/aromatic N) is 2. The van der Waals surface area contributed by atoms with E-state index in [2.05, 4.69) is 9.88 Å². The Morgan fingerprint density at radius 2 is 2.05 bits per heavy atom. The van der Waals surface area contributed by atoms with Gasteiger partial charge in [-0.1, -0.05) is 6.07 Å². The maximum atomic E-state index is 10.1. The highest BCUT2D eigenvalue weighted by molar-refractivity contribution is 5.62. The summed E-state index contributed by atoms with van der Waals surface area (Å²) in [4.78, 5) is 6.72. The number of phenolic OH excluding ortho intramolecular Hbond substituents is 1. The highest BCUT2D eigenvalue weighted by Gasteiger charge is 2.14. The summed E-state index contributed by atoms with van der Waals surface area (Å²) in [6.07, 6.45) is 0. The van der Waals surface area contributed by atoms with Crippen molar-refractivity contribution < 1.29 is 14.6 Å². The van der Waals surface area contributed by atoms with Crippen LogP contribution in [0.3, 0.4) is 0 Å². The molecule has 2 heterocycles. The van der Waals surface area contributed by atoms with E-state index in [9.17, 15) is 5.11 Å². The number of methoxy groups -OCH3 is 1. The summed E-state index contributed by atoms with van der Waals surface area (Å²) < 4.78 is 10.5. The van der Waals surface area contributed by atoms with Gasteiger partial charge in [0.15, 0.2) is 0 Å². The van der Waals surface area contributed by atoms with E-state index < -0.39 is 0 Å². The molecule has 0 bridgehead atoms. The van der Waals surface area contributed by atoms with Gasteiger partial charge in [0.05, 0.1) is 26.0 Å². The highest BCUT2D eigenvalue weighted by Crippen LogP contribution is 2.27. The topological polar surface area (TPSA) is 54.8 Å². The van der Waals surface area contributed by atoms with Gasteiger partial charge in [0.1, 0.15) is 5.75 Å². The minimum atomic E-state index is 0.318. The molecule has 2 aromatic rings. The monoisotopic (exact) mass is 300 g/mol. The maximum Gasteiger partial charge on any atom is 0.213 e. The summed E-state index contributed by atoms with van der Waals surface area (Å²) in [6, 6.07) is 11.3. The number of morpholine rings is 1. The highest BCUT2D eigenvalue weighted by atomic mass is 16.5. The molecule has 1 aromatic carbocycles. The standard InChI is InChI=1S/C17H20N2O3/c1-21-17-4-2-3-15(18-17)13-5-6-16(20)14(11-13)12-19-7-9-22-10-8-19/h2-6,11,20H,7-10,12H2,1H3. The fraction of sp³-hybridized carbons (Fsp3) is 0.353. The van der Waals surface area contributed by atoms with Crippen LogP contribution in [0.15, 0.2) is 36.4 Å². The van der Waals surface area contributed by atoms with Crippen molar-refractivity contribution in [3.63, 3.8) is 0 Å². The molecule has 0 unspecified atom stereocenters. The second-order valence-corrected chi connectivity index (χ2v) is 5.30. The van der Waals surface area contributed by atoms with Gasteiger partial charge in [0.2, 0.25) is 5.88 Å². The van der Waals surface area contributed by atoms with Crippen LogP contribution in [-0.2, 0) is 11.3 Å². The number of hydrogen-bond donors (Lipinski definition) is 1. The molecule has 3 rings (SSSR count). The second-order valence-electron chi connectivity index (χ2n) is 5.30. The number of benzene rings is 1. The van der Waals surface area contributed by atoms with Crippen molar-refractivity contribution in [3.05, 3.63) is 42.0 Å². The SMILES string of the molecule is COc1cccc(-c2ccc(O)c(CN3CCOCC3)c2)n1. The molecule has 1 N–H and O–H groups in total. The van der Waals surface area contributed by atoms with Crippen LogP contribution in [0.4, 0.5) is 0 Å². The Morgan fingerprint density at radius 3 is 2.82 bits per heavy atom. The molecule has 1 saturated heterocycles. The largest absolute Gasteiger partial charge is 0.508 e. The van der Waals surface area contributed by atoms with Gasteiger partial charge in [-0.3, -0.25) is 4.90 Å². The molecule has 1 aliphatic heterocycles. The molecule has 0 radical (unpaired) electrons. The maximum absolute atomic E-state index is 10.1. The fourth-order valence-corrected chi connectivity index (χ4v) is 2.56. The van der Waals surface area contributed by atoms with E-state index in [0.29, 0.717) is 18.2 Å². The van der Waals surface area contributed by atoms with E-state index in [-0.39, 0.29) is 0 Å². The van der Waals surface area contributed by atoms with E-state index >= 15 is 0 Å². The van der Waals surface area contributed by atoms with Crippen LogP contribution in [0.25, 0.3) is 11.3 Å². The molecule has 5 nitrogen and oxygen atoms in total. The average molecular weight is 300 g/mol. The van der Waals surface area contributed by atoms with Crippen molar-refractivity contribution in [2.24, 2.45) is 0 Å². The van der Waals surface area contributed by atoms with Gasteiger partial charge >= 0.3 is 0 Å². The Labute approximate surface area is 130 Å². The Morgan fingerprint density at radius 1 is 1.23 bits per heavy atom. The Hall–Kier alpha value is -2.11. The van der Waals surface area contributed by atoms with Gasteiger partial charge in [-0.15, -0.1) is 0 Å². The second kappa shape index (κ2) is 6.77. The van der Waals surface area contributed by atoms with E-state index in [1.54, 1.807) is 13.2 Å². The van der Waals surface area contributed by atoms with Gasteiger partial charge in [0.25, 0.3) is 0 Å². The van der Waals surface area contributed by atoms with Crippen molar-refractivity contribution in [2.75, 3.05) is 33.4 Å². The normalized spacial score (nSPS) is 15.7. The molecule has 116 valence electrons. The number of aromatic hydroxyl groups is 1. The van der Waals surface area contributed by atoms with Crippen LogP contribution in [0, 0.1) is 0 Å². The lowest BCUT2D eigenvalue weighted by Gasteiger charge is -2.27. The van der Waals surface area contributed by atoms with Crippen molar-refractivity contribution in [3.8, 4) is 22.9 Å². The number of phenols is 1. The summed E-state index contributed by atoms with van der Waals surface area (Å²) in [5, 5.41) is 10.1. The number of hydrogen-bond acceptors (Lipinski definition) is 5. The van der Waals surface area contributed by atoms with Crippen LogP contribution in [0.5, 0.6) is 11.6 Å². The van der Waals surface area contributed by atoms with Crippen LogP contribution in [0.2, 0.25) is 0 Å². The minimum absolute atomic E-state index is 0.318. The summed E-state index contributed by atoms with van der Waals surface area (Å²) in [5.74, 6) is 0.901. The number of aromatic nitrogens is 1. The lowest BCUT2D eigenvalue weighted by molar-refractivity contribution is 0.0339. The Kier molecular flexibility index (Phi) is 4.56. The third-order valence-corrected chi connectivity index (χ3v) is 3.81. The van der Waals surface area contributed by atoms with Gasteiger partial charge in [-0.05, 0) is 24.3 Å². The summed E-state index contributed by atoms with van der Waals surface area (Å²) in [6.45, 7) is 3.99. The van der Waals surface area contributed by atoms with Crippen LogP contribution < -0.4 is 4.74 Å². The quantitative estimate of drug-likeness (QED) is 0.939.